The molecule has 0 bridgehead atoms. The van der Waals surface area contributed by atoms with Gasteiger partial charge in [0.25, 0.3) is 0 Å². The molecule has 56 heavy (non-hydrogen) atoms. The summed E-state index contributed by atoms with van der Waals surface area (Å²) in [4.78, 5) is 2.55. The molecule has 0 spiro atoms. The summed E-state index contributed by atoms with van der Waals surface area (Å²) in [6.45, 7) is 10.9. The predicted octanol–water partition coefficient (Wildman–Crippen LogP) is 12.9. The van der Waals surface area contributed by atoms with Gasteiger partial charge in [0.2, 0.25) is 0 Å². The number of nitrogens with zero attached hydrogens (tertiary/aromatic N) is 2. The summed E-state index contributed by atoms with van der Waals surface area (Å²) in [6, 6.07) is 47.9. The Hall–Kier alpha value is -3.96. The molecule has 2 aromatic heterocycles. The summed E-state index contributed by atoms with van der Waals surface area (Å²) in [5.41, 5.74) is 9.87. The van der Waals surface area contributed by atoms with Gasteiger partial charge in [-0.2, -0.15) is 0 Å². The second-order valence-electron chi connectivity index (χ2n) is 15.1. The quantitative estimate of drug-likeness (QED) is 0.159. The molecule has 2 unspecified atom stereocenters. The van der Waals surface area contributed by atoms with Crippen LogP contribution in [0.15, 0.2) is 133 Å². The maximum Gasteiger partial charge on any atom is 0.0751 e. The lowest BCUT2D eigenvalue weighted by Crippen LogP contribution is -2.46. The van der Waals surface area contributed by atoms with Gasteiger partial charge in [-0.15, -0.1) is 22.7 Å². The Kier molecular flexibility index (Phi) is 8.03. The third-order valence-corrected chi connectivity index (χ3v) is 23.4. The fourth-order valence-corrected chi connectivity index (χ4v) is 20.0. The highest BCUT2D eigenvalue weighted by molar-refractivity contribution is 8.22. The molecule has 2 aliphatic heterocycles. The first-order chi connectivity index (χ1) is 27.2. The maximum absolute atomic E-state index is 7.21. The second kappa shape index (κ2) is 12.8. The molecule has 0 fully saturated rings. The summed E-state index contributed by atoms with van der Waals surface area (Å²) in [6.07, 6.45) is -2.48. The van der Waals surface area contributed by atoms with E-state index in [9.17, 15) is 0 Å². The molecule has 0 radical (unpaired) electrons. The zero-order valence-electron chi connectivity index (χ0n) is 31.5. The standard InChI is InChI=1S/C48H38N2P2S4/c1-5-49(6-2)52(54)41-28-31(33-16-12-18-37-35-14-8-10-20-45(35)56-48(33)37)22-24-39(41)50-38-23-21-30(27-40(38)51(4,53)42-25-29(3)26-43(52)46(42)50)32-15-11-17-36-34-13-7-9-19-44(34)55-47(32)36/h7-28H,5-6H2,1-4H3. The monoisotopic (exact) mass is 832 g/mol. The molecule has 0 saturated carbocycles. The molecule has 0 aliphatic carbocycles. The number of hydrogen-bond donors (Lipinski definition) is 0. The first-order valence-corrected chi connectivity index (χ1v) is 26.9. The van der Waals surface area contributed by atoms with Crippen LogP contribution in [0.5, 0.6) is 0 Å². The van der Waals surface area contributed by atoms with Crippen molar-refractivity contribution in [1.29, 1.82) is 0 Å². The van der Waals surface area contributed by atoms with Crippen molar-refractivity contribution in [3.8, 4) is 22.3 Å². The number of fused-ring (bicyclic) bond motifs is 10. The van der Waals surface area contributed by atoms with Gasteiger partial charge < -0.3 is 4.90 Å². The molecule has 11 rings (SSSR count). The molecule has 8 heteroatoms. The molecular weight excluding hydrogens is 795 g/mol. The van der Waals surface area contributed by atoms with Gasteiger partial charge >= 0.3 is 0 Å². The molecule has 2 atom stereocenters. The Labute approximate surface area is 346 Å². The highest BCUT2D eigenvalue weighted by Gasteiger charge is 2.46. The second-order valence-corrected chi connectivity index (χ2v) is 26.5. The van der Waals surface area contributed by atoms with Crippen molar-refractivity contribution in [2.75, 3.05) is 24.7 Å². The lowest BCUT2D eigenvalue weighted by molar-refractivity contribution is 0.513. The van der Waals surface area contributed by atoms with Crippen LogP contribution in [0, 0.1) is 6.92 Å². The highest BCUT2D eigenvalue weighted by Crippen LogP contribution is 2.62. The van der Waals surface area contributed by atoms with E-state index >= 15 is 0 Å². The number of benzene rings is 7. The van der Waals surface area contributed by atoms with Crippen LogP contribution in [0.4, 0.5) is 17.1 Å². The van der Waals surface area contributed by atoms with Crippen LogP contribution in [0.3, 0.4) is 0 Å². The van der Waals surface area contributed by atoms with Crippen LogP contribution >= 0.6 is 34.9 Å². The van der Waals surface area contributed by atoms with E-state index in [1.165, 1.54) is 106 Å². The van der Waals surface area contributed by atoms with Crippen molar-refractivity contribution in [3.63, 3.8) is 0 Å². The van der Waals surface area contributed by atoms with Crippen molar-refractivity contribution >= 4 is 137 Å². The van der Waals surface area contributed by atoms with Gasteiger partial charge in [-0.05, 0) is 89.9 Å². The van der Waals surface area contributed by atoms with E-state index in [1.54, 1.807) is 0 Å². The summed E-state index contributed by atoms with van der Waals surface area (Å²) in [5.74, 6) is 0. The average molecular weight is 833 g/mol. The van der Waals surface area contributed by atoms with Gasteiger partial charge in [-0.25, -0.2) is 0 Å². The molecule has 9 aromatic rings. The highest BCUT2D eigenvalue weighted by atomic mass is 32.4. The van der Waals surface area contributed by atoms with E-state index in [1.807, 2.05) is 22.7 Å². The molecular formula is C48H38N2P2S4. The summed E-state index contributed by atoms with van der Waals surface area (Å²) >= 11 is 17.9. The summed E-state index contributed by atoms with van der Waals surface area (Å²) < 4.78 is 7.89. The van der Waals surface area contributed by atoms with Gasteiger partial charge in [0.05, 0.1) is 23.3 Å². The van der Waals surface area contributed by atoms with Crippen LogP contribution < -0.4 is 26.1 Å². The van der Waals surface area contributed by atoms with E-state index < -0.39 is 12.2 Å². The van der Waals surface area contributed by atoms with Gasteiger partial charge in [0, 0.05) is 80.7 Å². The lowest BCUT2D eigenvalue weighted by Gasteiger charge is -2.48. The maximum atomic E-state index is 7.21. The molecule has 0 amide bonds. The van der Waals surface area contributed by atoms with Crippen LogP contribution in [0.2, 0.25) is 0 Å². The van der Waals surface area contributed by atoms with E-state index in [-0.39, 0.29) is 0 Å². The Morgan fingerprint density at radius 1 is 0.554 bits per heavy atom. The Morgan fingerprint density at radius 2 is 1.05 bits per heavy atom. The predicted molar refractivity (Wildman–Crippen MR) is 258 cm³/mol. The third kappa shape index (κ3) is 4.82. The molecule has 274 valence electrons. The Balaban J connectivity index is 1.17. The number of rotatable bonds is 5. The van der Waals surface area contributed by atoms with Gasteiger partial charge in [0.1, 0.15) is 0 Å². The minimum absolute atomic E-state index is 0.884. The lowest BCUT2D eigenvalue weighted by atomic mass is 10.0. The van der Waals surface area contributed by atoms with E-state index in [0.29, 0.717) is 0 Å². The first kappa shape index (κ1) is 35.2. The average Bonchev–Trinajstić information content (AvgIpc) is 3.80. The van der Waals surface area contributed by atoms with Gasteiger partial charge in [0.15, 0.2) is 0 Å². The Morgan fingerprint density at radius 3 is 1.62 bits per heavy atom. The third-order valence-electron chi connectivity index (χ3n) is 12.0. The molecule has 0 N–H and O–H groups in total. The minimum atomic E-state index is -2.48. The van der Waals surface area contributed by atoms with E-state index in [2.05, 4.69) is 170 Å². The molecule has 7 aromatic carbocycles. The van der Waals surface area contributed by atoms with Crippen LogP contribution in [0.1, 0.15) is 19.4 Å². The van der Waals surface area contributed by atoms with Crippen molar-refractivity contribution < 1.29 is 0 Å². The largest absolute Gasteiger partial charge is 0.308 e. The smallest absolute Gasteiger partial charge is 0.0751 e. The normalized spacial score (nSPS) is 18.6. The van der Waals surface area contributed by atoms with Crippen molar-refractivity contribution in [3.05, 3.63) is 139 Å². The van der Waals surface area contributed by atoms with Crippen LogP contribution in [0.25, 0.3) is 62.6 Å². The van der Waals surface area contributed by atoms with Crippen LogP contribution in [-0.2, 0) is 23.6 Å². The minimum Gasteiger partial charge on any atom is -0.308 e. The van der Waals surface area contributed by atoms with Crippen LogP contribution in [-0.4, -0.2) is 24.4 Å². The van der Waals surface area contributed by atoms with E-state index in [4.69, 9.17) is 23.6 Å². The number of hydrogen-bond acceptors (Lipinski definition) is 5. The van der Waals surface area contributed by atoms with Gasteiger partial charge in [-0.1, -0.05) is 122 Å². The molecule has 0 saturated heterocycles. The molecule has 4 heterocycles. The van der Waals surface area contributed by atoms with Crippen molar-refractivity contribution in [2.24, 2.45) is 0 Å². The van der Waals surface area contributed by atoms with Gasteiger partial charge in [-0.3, -0.25) is 4.67 Å². The fraction of sp³-hybridized carbons (Fsp3) is 0.125. The number of thiophene rings is 2. The zero-order valence-corrected chi connectivity index (χ0v) is 36.6. The van der Waals surface area contributed by atoms with Crippen molar-refractivity contribution in [2.45, 2.75) is 20.8 Å². The SMILES string of the molecule is CCN(CC)P1(=S)c2cc(-c3cccc4c3sc3ccccc34)ccc2N2c3ccc(-c4cccc5c4sc4ccccc45)cc3P(C)(=S)c3cc(C)cc1c32. The number of aryl methyl sites for hydroxylation is 1. The summed E-state index contributed by atoms with van der Waals surface area (Å²) in [5, 5.41) is 10.4. The van der Waals surface area contributed by atoms with Crippen molar-refractivity contribution in [1.82, 2.24) is 4.67 Å². The Bertz CT molecular complexity index is 3240. The first-order valence-electron chi connectivity index (χ1n) is 19.2. The fourth-order valence-electron chi connectivity index (χ4n) is 9.38. The molecule has 2 nitrogen and oxygen atoms in total. The molecule has 2 aliphatic rings. The van der Waals surface area contributed by atoms with E-state index in [0.717, 1.165) is 13.1 Å². The zero-order chi connectivity index (χ0) is 38.1. The summed E-state index contributed by atoms with van der Waals surface area (Å²) in [7, 11) is 0. The number of anilines is 3. The topological polar surface area (TPSA) is 6.48 Å².